The Labute approximate surface area is 226 Å². The van der Waals surface area contributed by atoms with Gasteiger partial charge in [0, 0.05) is 55.0 Å². The van der Waals surface area contributed by atoms with E-state index in [0.717, 1.165) is 43.3 Å². The number of rotatable bonds is 9. The van der Waals surface area contributed by atoms with Crippen LogP contribution in [-0.2, 0) is 6.61 Å². The van der Waals surface area contributed by atoms with E-state index in [0.29, 0.717) is 44.2 Å². The summed E-state index contributed by atoms with van der Waals surface area (Å²) in [7, 11) is 6.90. The number of halogens is 2. The SMILES string of the molecule is COc1cc(Nc2ncc(OCc3c(Cl)c(OC)cc(OC)c3Cl)cn2)ccc1N1CC2(CN(C)C2)C1. The van der Waals surface area contributed by atoms with Crippen LogP contribution in [0, 0.1) is 5.41 Å². The van der Waals surface area contributed by atoms with Crippen molar-refractivity contribution in [3.63, 3.8) is 0 Å². The molecule has 2 aromatic carbocycles. The molecule has 2 saturated heterocycles. The summed E-state index contributed by atoms with van der Waals surface area (Å²) in [6.07, 6.45) is 3.16. The molecule has 1 N–H and O–H groups in total. The van der Waals surface area contributed by atoms with Gasteiger partial charge < -0.3 is 34.1 Å². The smallest absolute Gasteiger partial charge is 0.227 e. The largest absolute Gasteiger partial charge is 0.495 e. The van der Waals surface area contributed by atoms with E-state index in [-0.39, 0.29) is 6.61 Å². The van der Waals surface area contributed by atoms with Gasteiger partial charge in [0.05, 0.1) is 49.5 Å². The van der Waals surface area contributed by atoms with Crippen LogP contribution in [0.4, 0.5) is 17.3 Å². The maximum atomic E-state index is 6.42. The molecule has 2 fully saturated rings. The van der Waals surface area contributed by atoms with E-state index in [2.05, 4.69) is 38.2 Å². The van der Waals surface area contributed by atoms with Crippen LogP contribution < -0.4 is 29.2 Å². The second-order valence-electron chi connectivity index (χ2n) is 9.46. The number of hydrogen-bond donors (Lipinski definition) is 1. The number of nitrogens with zero attached hydrogens (tertiary/aromatic N) is 4. The fourth-order valence-corrected chi connectivity index (χ4v) is 5.66. The minimum atomic E-state index is 0.0914. The zero-order valence-electron chi connectivity index (χ0n) is 21.2. The first kappa shape index (κ1) is 25.5. The molecular formula is C26H29Cl2N5O4. The van der Waals surface area contributed by atoms with Crippen LogP contribution >= 0.6 is 23.2 Å². The van der Waals surface area contributed by atoms with Crippen molar-refractivity contribution in [3.05, 3.63) is 52.3 Å². The van der Waals surface area contributed by atoms with Gasteiger partial charge >= 0.3 is 0 Å². The lowest BCUT2D eigenvalue weighted by molar-refractivity contribution is -0.00258. The third kappa shape index (κ3) is 5.03. The summed E-state index contributed by atoms with van der Waals surface area (Å²) in [5.74, 6) is 2.60. The number of methoxy groups -OCH3 is 3. The maximum Gasteiger partial charge on any atom is 0.227 e. The molecule has 2 aliphatic rings. The number of hydrogen-bond acceptors (Lipinski definition) is 9. The Morgan fingerprint density at radius 1 is 0.892 bits per heavy atom. The normalized spacial score (nSPS) is 16.1. The molecule has 0 unspecified atom stereocenters. The van der Waals surface area contributed by atoms with Crippen LogP contribution in [0.5, 0.6) is 23.0 Å². The van der Waals surface area contributed by atoms with E-state index in [1.54, 1.807) is 25.6 Å². The molecule has 3 aromatic rings. The number of ether oxygens (including phenoxy) is 4. The average Bonchev–Trinajstić information content (AvgIpc) is 2.86. The van der Waals surface area contributed by atoms with Crippen molar-refractivity contribution >= 4 is 40.5 Å². The Morgan fingerprint density at radius 3 is 2.08 bits per heavy atom. The average molecular weight is 546 g/mol. The Morgan fingerprint density at radius 2 is 1.51 bits per heavy atom. The topological polar surface area (TPSA) is 81.2 Å². The number of aromatic nitrogens is 2. The molecule has 0 amide bonds. The van der Waals surface area contributed by atoms with Gasteiger partial charge in [-0.25, -0.2) is 9.97 Å². The van der Waals surface area contributed by atoms with Gasteiger partial charge in [0.15, 0.2) is 5.75 Å². The van der Waals surface area contributed by atoms with Crippen LogP contribution in [0.25, 0.3) is 0 Å². The summed E-state index contributed by atoms with van der Waals surface area (Å²) >= 11 is 12.8. The van der Waals surface area contributed by atoms with Gasteiger partial charge in [-0.1, -0.05) is 23.2 Å². The molecule has 11 heteroatoms. The third-order valence-electron chi connectivity index (χ3n) is 6.72. The zero-order valence-corrected chi connectivity index (χ0v) is 22.7. The molecular weight excluding hydrogens is 517 g/mol. The van der Waals surface area contributed by atoms with Crippen LogP contribution in [0.3, 0.4) is 0 Å². The van der Waals surface area contributed by atoms with Crippen molar-refractivity contribution in [3.8, 4) is 23.0 Å². The summed E-state index contributed by atoms with van der Waals surface area (Å²) in [6.45, 7) is 4.54. The molecule has 0 aliphatic carbocycles. The quantitative estimate of drug-likeness (QED) is 0.404. The highest BCUT2D eigenvalue weighted by Crippen LogP contribution is 2.44. The van der Waals surface area contributed by atoms with Crippen LogP contribution in [0.2, 0.25) is 10.0 Å². The van der Waals surface area contributed by atoms with Gasteiger partial charge in [0.25, 0.3) is 0 Å². The van der Waals surface area contributed by atoms with Crippen molar-refractivity contribution in [2.45, 2.75) is 6.61 Å². The molecule has 0 radical (unpaired) electrons. The summed E-state index contributed by atoms with van der Waals surface area (Å²) in [5.41, 5.74) is 2.93. The molecule has 9 nitrogen and oxygen atoms in total. The van der Waals surface area contributed by atoms with E-state index in [1.165, 1.54) is 14.2 Å². The van der Waals surface area contributed by atoms with E-state index >= 15 is 0 Å². The molecule has 2 aliphatic heterocycles. The zero-order chi connectivity index (χ0) is 26.2. The highest BCUT2D eigenvalue weighted by molar-refractivity contribution is 6.37. The van der Waals surface area contributed by atoms with Crippen LogP contribution in [0.1, 0.15) is 5.56 Å². The molecule has 1 spiro atoms. The molecule has 37 heavy (non-hydrogen) atoms. The van der Waals surface area contributed by atoms with Gasteiger partial charge in [0.2, 0.25) is 5.95 Å². The van der Waals surface area contributed by atoms with Gasteiger partial charge in [-0.3, -0.25) is 0 Å². The molecule has 0 bridgehead atoms. The molecule has 196 valence electrons. The highest BCUT2D eigenvalue weighted by Gasteiger charge is 2.50. The summed E-state index contributed by atoms with van der Waals surface area (Å²) in [4.78, 5) is 13.5. The minimum Gasteiger partial charge on any atom is -0.495 e. The predicted molar refractivity (Wildman–Crippen MR) is 144 cm³/mol. The van der Waals surface area contributed by atoms with Crippen molar-refractivity contribution in [1.82, 2.24) is 14.9 Å². The summed E-state index contributed by atoms with van der Waals surface area (Å²) in [6, 6.07) is 7.67. The maximum absolute atomic E-state index is 6.42. The van der Waals surface area contributed by atoms with Crippen molar-refractivity contribution < 1.29 is 18.9 Å². The van der Waals surface area contributed by atoms with Gasteiger partial charge in [-0.05, 0) is 19.2 Å². The van der Waals surface area contributed by atoms with Gasteiger partial charge in [-0.15, -0.1) is 0 Å². The Hall–Kier alpha value is -3.14. The second kappa shape index (κ2) is 10.3. The summed E-state index contributed by atoms with van der Waals surface area (Å²) < 4.78 is 22.1. The van der Waals surface area contributed by atoms with Gasteiger partial charge in [-0.2, -0.15) is 0 Å². The van der Waals surface area contributed by atoms with Crippen molar-refractivity contribution in [2.75, 3.05) is 64.8 Å². The number of likely N-dealkylation sites (tertiary alicyclic amines) is 1. The summed E-state index contributed by atoms with van der Waals surface area (Å²) in [5, 5.41) is 3.94. The van der Waals surface area contributed by atoms with Crippen LogP contribution in [0.15, 0.2) is 36.7 Å². The lowest BCUT2D eigenvalue weighted by atomic mass is 9.73. The standard InChI is InChI=1S/C26H29Cl2N5O4/c1-32-12-26(13-32)14-33(15-26)19-6-5-16(7-20(19)34-2)31-25-29-9-17(10-30-25)37-11-18-23(27)21(35-3)8-22(36-4)24(18)28/h5-10H,11-15H2,1-4H3,(H,29,30,31). The fraction of sp³-hybridized carbons (Fsp3) is 0.385. The highest BCUT2D eigenvalue weighted by atomic mass is 35.5. The number of anilines is 3. The Kier molecular flexibility index (Phi) is 7.11. The van der Waals surface area contributed by atoms with Crippen molar-refractivity contribution in [2.24, 2.45) is 5.41 Å². The predicted octanol–water partition coefficient (Wildman–Crippen LogP) is 4.88. The first-order chi connectivity index (χ1) is 17.8. The monoisotopic (exact) mass is 545 g/mol. The fourth-order valence-electron chi connectivity index (χ4n) is 5.05. The first-order valence-electron chi connectivity index (χ1n) is 11.8. The van der Waals surface area contributed by atoms with Crippen molar-refractivity contribution in [1.29, 1.82) is 0 Å². The first-order valence-corrected chi connectivity index (χ1v) is 12.5. The lowest BCUT2D eigenvalue weighted by Gasteiger charge is -2.60. The molecule has 1 aromatic heterocycles. The van der Waals surface area contributed by atoms with Gasteiger partial charge in [0.1, 0.15) is 23.9 Å². The van der Waals surface area contributed by atoms with E-state index in [1.807, 2.05) is 12.1 Å². The van der Waals surface area contributed by atoms with Crippen LogP contribution in [-0.4, -0.2) is 69.4 Å². The number of benzene rings is 2. The molecule has 3 heterocycles. The molecule has 5 rings (SSSR count). The lowest BCUT2D eigenvalue weighted by Crippen LogP contribution is -2.71. The van der Waals surface area contributed by atoms with E-state index in [9.17, 15) is 0 Å². The molecule has 0 saturated carbocycles. The third-order valence-corrected chi connectivity index (χ3v) is 7.54. The van der Waals surface area contributed by atoms with E-state index < -0.39 is 0 Å². The van der Waals surface area contributed by atoms with E-state index in [4.69, 9.17) is 42.1 Å². The Bertz CT molecular complexity index is 1250. The Balaban J connectivity index is 1.22. The molecule has 0 atom stereocenters. The number of nitrogens with one attached hydrogen (secondary N) is 1. The minimum absolute atomic E-state index is 0.0914. The second-order valence-corrected chi connectivity index (χ2v) is 10.2.